The predicted octanol–water partition coefficient (Wildman–Crippen LogP) is 2.69. The van der Waals surface area contributed by atoms with E-state index >= 15 is 0 Å². The molecule has 8 nitrogen and oxygen atoms in total. The molecule has 3 amide bonds. The number of likely N-dealkylation sites (N-methyl/N-ethyl adjacent to an activating group) is 1. The number of likely N-dealkylation sites (tertiary alicyclic amines) is 1. The second-order valence-electron chi connectivity index (χ2n) is 7.14. The molecule has 1 N–H and O–H groups in total. The molecule has 0 unspecified atom stereocenters. The highest BCUT2D eigenvalue weighted by atomic mass is 79.9. The zero-order valence-electron chi connectivity index (χ0n) is 16.4. The zero-order chi connectivity index (χ0) is 21.0. The molecule has 0 spiro atoms. The Bertz CT molecular complexity index is 888. The maximum atomic E-state index is 12.7. The lowest BCUT2D eigenvalue weighted by Gasteiger charge is -2.33. The number of rotatable bonds is 5. The molecule has 154 valence electrons. The molecule has 0 saturated carbocycles. The molecule has 2 aromatic rings. The molecule has 1 fully saturated rings. The number of halogens is 1. The average molecular weight is 463 g/mol. The van der Waals surface area contributed by atoms with Crippen molar-refractivity contribution in [2.75, 3.05) is 32.0 Å². The number of aromatic nitrogens is 1. The van der Waals surface area contributed by atoms with E-state index in [9.17, 15) is 14.4 Å². The van der Waals surface area contributed by atoms with Crippen LogP contribution >= 0.6 is 15.9 Å². The van der Waals surface area contributed by atoms with E-state index in [2.05, 4.69) is 26.4 Å². The maximum Gasteiger partial charge on any atom is 0.253 e. The number of nitrogens with one attached hydrogen (secondary N) is 1. The third-order valence-electron chi connectivity index (χ3n) is 4.88. The number of hydrogen-bond acceptors (Lipinski definition) is 5. The van der Waals surface area contributed by atoms with Crippen molar-refractivity contribution in [2.24, 2.45) is 5.92 Å². The number of carbonyl (C=O) groups is 3. The molecular weight excluding hydrogens is 440 g/mol. The molecule has 1 aliphatic rings. The van der Waals surface area contributed by atoms with Crippen LogP contribution in [0.5, 0.6) is 0 Å². The molecule has 29 heavy (non-hydrogen) atoms. The van der Waals surface area contributed by atoms with Gasteiger partial charge in [0, 0.05) is 42.2 Å². The summed E-state index contributed by atoms with van der Waals surface area (Å²) in [5.41, 5.74) is 0.634. The van der Waals surface area contributed by atoms with Crippen LogP contribution in [0.25, 0.3) is 0 Å². The van der Waals surface area contributed by atoms with Gasteiger partial charge in [0.2, 0.25) is 11.8 Å². The highest BCUT2D eigenvalue weighted by molar-refractivity contribution is 9.10. The fourth-order valence-electron chi connectivity index (χ4n) is 3.32. The molecule has 0 atom stereocenters. The van der Waals surface area contributed by atoms with E-state index in [-0.39, 0.29) is 30.2 Å². The van der Waals surface area contributed by atoms with Crippen molar-refractivity contribution in [3.8, 4) is 0 Å². The van der Waals surface area contributed by atoms with E-state index in [1.54, 1.807) is 37.1 Å². The van der Waals surface area contributed by atoms with Gasteiger partial charge in [-0.25, -0.2) is 0 Å². The smallest absolute Gasteiger partial charge is 0.253 e. The van der Waals surface area contributed by atoms with Crippen LogP contribution in [0, 0.1) is 12.8 Å². The molecule has 0 radical (unpaired) electrons. The van der Waals surface area contributed by atoms with Crippen LogP contribution in [0.3, 0.4) is 0 Å². The van der Waals surface area contributed by atoms with E-state index in [1.165, 1.54) is 4.90 Å². The second kappa shape index (κ2) is 9.21. The van der Waals surface area contributed by atoms with Gasteiger partial charge in [-0.3, -0.25) is 14.4 Å². The van der Waals surface area contributed by atoms with Gasteiger partial charge in [0.25, 0.3) is 5.91 Å². The quantitative estimate of drug-likeness (QED) is 0.736. The fourth-order valence-corrected chi connectivity index (χ4v) is 3.58. The van der Waals surface area contributed by atoms with Gasteiger partial charge in [0.05, 0.1) is 6.54 Å². The summed E-state index contributed by atoms with van der Waals surface area (Å²) in [6, 6.07) is 8.85. The number of benzene rings is 1. The van der Waals surface area contributed by atoms with Gasteiger partial charge >= 0.3 is 0 Å². The minimum Gasteiger partial charge on any atom is -0.360 e. The molecular formula is C20H23BrN4O4. The molecule has 0 aliphatic carbocycles. The number of piperidine rings is 1. The Kier molecular flexibility index (Phi) is 6.68. The van der Waals surface area contributed by atoms with E-state index in [0.717, 1.165) is 4.47 Å². The highest BCUT2D eigenvalue weighted by Crippen LogP contribution is 2.21. The fraction of sp³-hybridized carbons (Fsp3) is 0.400. The van der Waals surface area contributed by atoms with E-state index < -0.39 is 0 Å². The van der Waals surface area contributed by atoms with Crippen molar-refractivity contribution >= 4 is 39.5 Å². The average Bonchev–Trinajstić information content (AvgIpc) is 3.12. The van der Waals surface area contributed by atoms with Crippen LogP contribution in [-0.4, -0.2) is 59.4 Å². The van der Waals surface area contributed by atoms with E-state index in [0.29, 0.717) is 43.1 Å². The number of aryl methyl sites for hydroxylation is 1. The Labute approximate surface area is 177 Å². The van der Waals surface area contributed by atoms with Crippen LogP contribution < -0.4 is 5.32 Å². The zero-order valence-corrected chi connectivity index (χ0v) is 17.9. The van der Waals surface area contributed by atoms with Gasteiger partial charge in [0.15, 0.2) is 5.82 Å². The summed E-state index contributed by atoms with van der Waals surface area (Å²) >= 11 is 3.36. The lowest BCUT2D eigenvalue weighted by atomic mass is 9.95. The van der Waals surface area contributed by atoms with Crippen molar-refractivity contribution in [1.29, 1.82) is 0 Å². The normalized spacial score (nSPS) is 14.5. The van der Waals surface area contributed by atoms with E-state index in [1.807, 2.05) is 12.1 Å². The number of hydrogen-bond donors (Lipinski definition) is 1. The van der Waals surface area contributed by atoms with Gasteiger partial charge in [-0.1, -0.05) is 21.1 Å². The number of nitrogens with zero attached hydrogens (tertiary/aromatic N) is 3. The Morgan fingerprint density at radius 2 is 1.90 bits per heavy atom. The van der Waals surface area contributed by atoms with Crippen LogP contribution in [0.15, 0.2) is 39.3 Å². The summed E-state index contributed by atoms with van der Waals surface area (Å²) in [4.78, 5) is 40.6. The molecule has 1 aromatic carbocycles. The van der Waals surface area contributed by atoms with Crippen molar-refractivity contribution in [2.45, 2.75) is 19.8 Å². The number of amides is 3. The van der Waals surface area contributed by atoms with Crippen molar-refractivity contribution in [3.05, 3.63) is 46.1 Å². The lowest BCUT2D eigenvalue weighted by molar-refractivity contribution is -0.138. The third kappa shape index (κ3) is 5.44. The Balaban J connectivity index is 1.48. The first-order chi connectivity index (χ1) is 13.8. The Morgan fingerprint density at radius 3 is 2.48 bits per heavy atom. The molecule has 2 heterocycles. The molecule has 1 aromatic heterocycles. The van der Waals surface area contributed by atoms with Crippen LogP contribution in [0.1, 0.15) is 29.0 Å². The number of anilines is 1. The van der Waals surface area contributed by atoms with Crippen molar-refractivity contribution in [1.82, 2.24) is 15.0 Å². The lowest BCUT2D eigenvalue weighted by Crippen LogP contribution is -2.45. The minimum absolute atomic E-state index is 0.0287. The van der Waals surface area contributed by atoms with Crippen molar-refractivity contribution in [3.63, 3.8) is 0 Å². The van der Waals surface area contributed by atoms with Crippen LogP contribution in [0.2, 0.25) is 0 Å². The minimum atomic E-state index is -0.336. The Morgan fingerprint density at radius 1 is 1.24 bits per heavy atom. The van der Waals surface area contributed by atoms with Crippen LogP contribution in [0.4, 0.5) is 5.82 Å². The molecule has 1 aliphatic heterocycles. The number of carbonyl (C=O) groups excluding carboxylic acids is 3. The maximum absolute atomic E-state index is 12.7. The van der Waals surface area contributed by atoms with Gasteiger partial charge in [-0.2, -0.15) is 0 Å². The summed E-state index contributed by atoms with van der Waals surface area (Å²) in [6.07, 6.45) is 1.16. The molecule has 0 bridgehead atoms. The third-order valence-corrected chi connectivity index (χ3v) is 5.40. The van der Waals surface area contributed by atoms with E-state index in [4.69, 9.17) is 4.52 Å². The highest BCUT2D eigenvalue weighted by Gasteiger charge is 2.30. The van der Waals surface area contributed by atoms with Gasteiger partial charge in [-0.05, 0) is 44.0 Å². The van der Waals surface area contributed by atoms with Gasteiger partial charge in [0.1, 0.15) is 5.76 Å². The first-order valence-corrected chi connectivity index (χ1v) is 10.2. The monoisotopic (exact) mass is 462 g/mol. The van der Waals surface area contributed by atoms with Crippen LogP contribution in [-0.2, 0) is 9.59 Å². The standard InChI is InChI=1S/C20H23BrN4O4/c1-13-11-17(23-29-13)22-18(26)12-24(2)19(27)15-7-9-25(10-8-15)20(28)14-3-5-16(21)6-4-14/h3-6,11,15H,7-10,12H2,1-2H3,(H,22,23,26). The van der Waals surface area contributed by atoms with Gasteiger partial charge < -0.3 is 19.6 Å². The first kappa shape index (κ1) is 21.0. The summed E-state index contributed by atoms with van der Waals surface area (Å²) < 4.78 is 5.82. The molecule has 1 saturated heterocycles. The van der Waals surface area contributed by atoms with Crippen molar-refractivity contribution < 1.29 is 18.9 Å². The summed E-state index contributed by atoms with van der Waals surface area (Å²) in [6.45, 7) is 2.70. The summed E-state index contributed by atoms with van der Waals surface area (Å²) in [5.74, 6) is 0.265. The SMILES string of the molecule is Cc1cc(NC(=O)CN(C)C(=O)C2CCN(C(=O)c3ccc(Br)cc3)CC2)no1. The second-order valence-corrected chi connectivity index (χ2v) is 8.05. The topological polar surface area (TPSA) is 95.8 Å². The molecule has 9 heteroatoms. The molecule has 3 rings (SSSR count). The summed E-state index contributed by atoms with van der Waals surface area (Å²) in [7, 11) is 1.61. The Hall–Kier alpha value is -2.68. The first-order valence-electron chi connectivity index (χ1n) is 9.36. The predicted molar refractivity (Wildman–Crippen MR) is 110 cm³/mol. The van der Waals surface area contributed by atoms with Gasteiger partial charge in [-0.15, -0.1) is 0 Å². The largest absolute Gasteiger partial charge is 0.360 e. The summed E-state index contributed by atoms with van der Waals surface area (Å²) in [5, 5.41) is 6.30.